The van der Waals surface area contributed by atoms with Crippen LogP contribution in [-0.4, -0.2) is 45.6 Å². The minimum absolute atomic E-state index is 0.0474. The third kappa shape index (κ3) is 6.00. The van der Waals surface area contributed by atoms with Gasteiger partial charge in [0.2, 0.25) is 0 Å². The zero-order valence-corrected chi connectivity index (χ0v) is 15.2. The second kappa shape index (κ2) is 8.77. The molecule has 1 unspecified atom stereocenters. The van der Waals surface area contributed by atoms with Crippen LogP contribution in [0.15, 0.2) is 36.5 Å². The van der Waals surface area contributed by atoms with Crippen molar-refractivity contribution in [1.82, 2.24) is 15.1 Å². The van der Waals surface area contributed by atoms with Gasteiger partial charge in [0, 0.05) is 0 Å². The number of alkyl halides is 3. The van der Waals surface area contributed by atoms with Crippen LogP contribution in [0.3, 0.4) is 0 Å². The van der Waals surface area contributed by atoms with E-state index in [0.29, 0.717) is 5.69 Å². The van der Waals surface area contributed by atoms with Gasteiger partial charge in [0.05, 0.1) is 24.9 Å². The Balaban J connectivity index is 2.31. The molecule has 1 atom stereocenters. The monoisotopic (exact) mass is 399 g/mol. The number of rotatable bonds is 8. The van der Waals surface area contributed by atoms with E-state index in [1.165, 1.54) is 10.9 Å². The van der Waals surface area contributed by atoms with Crippen molar-refractivity contribution in [1.29, 1.82) is 0 Å². The third-order valence-electron chi connectivity index (χ3n) is 3.53. The molecule has 2 rings (SSSR count). The summed E-state index contributed by atoms with van der Waals surface area (Å²) >= 11 is 0. The fourth-order valence-electron chi connectivity index (χ4n) is 2.25. The molecule has 0 fully saturated rings. The molecule has 28 heavy (non-hydrogen) atoms. The number of para-hydroxylation sites is 1. The van der Waals surface area contributed by atoms with Crippen LogP contribution in [-0.2, 0) is 4.79 Å². The molecule has 0 saturated heterocycles. The predicted octanol–water partition coefficient (Wildman–Crippen LogP) is 3.04. The van der Waals surface area contributed by atoms with Crippen molar-refractivity contribution in [2.24, 2.45) is 5.92 Å². The van der Waals surface area contributed by atoms with E-state index in [2.05, 4.69) is 5.10 Å². The van der Waals surface area contributed by atoms with E-state index in [-0.39, 0.29) is 24.0 Å². The molecule has 1 aromatic carbocycles. The molecule has 2 aromatic rings. The van der Waals surface area contributed by atoms with Gasteiger partial charge in [-0.2, -0.15) is 18.3 Å². The first-order chi connectivity index (χ1) is 13.1. The van der Waals surface area contributed by atoms with Gasteiger partial charge in [0.25, 0.3) is 5.91 Å². The van der Waals surface area contributed by atoms with Gasteiger partial charge >= 0.3 is 12.1 Å². The normalized spacial score (nSPS) is 12.6. The number of aliphatic carboxylic acids is 1. The molecule has 7 nitrogen and oxygen atoms in total. The van der Waals surface area contributed by atoms with Crippen molar-refractivity contribution in [3.05, 3.63) is 42.2 Å². The number of ether oxygens (including phenoxy) is 1. The third-order valence-corrected chi connectivity index (χ3v) is 3.53. The number of carboxylic acid groups (broad SMARTS) is 1. The highest BCUT2D eigenvalue weighted by Crippen LogP contribution is 2.24. The number of carbonyl (C=O) groups is 2. The second-order valence-electron chi connectivity index (χ2n) is 6.51. The summed E-state index contributed by atoms with van der Waals surface area (Å²) in [5, 5.41) is 14.9. The average molecular weight is 399 g/mol. The standard InChI is InChI=1S/C18H20F3N3O4/c1-11(2)10-28-14-9-24(12-6-4-3-5-7-12)23-15(14)16(25)22-13(17(26)27)8-18(19,20)21/h3-7,9,11,13H,8,10H2,1-2H3,(H,22,25)(H,26,27). The fraction of sp³-hybridized carbons (Fsp3) is 0.389. The number of halogens is 3. The van der Waals surface area contributed by atoms with Crippen LogP contribution in [0.1, 0.15) is 30.8 Å². The van der Waals surface area contributed by atoms with E-state index in [4.69, 9.17) is 9.84 Å². The first-order valence-corrected chi connectivity index (χ1v) is 8.45. The lowest BCUT2D eigenvalue weighted by molar-refractivity contribution is -0.157. The molecule has 0 saturated carbocycles. The van der Waals surface area contributed by atoms with Crippen molar-refractivity contribution in [2.45, 2.75) is 32.5 Å². The quantitative estimate of drug-likeness (QED) is 0.712. The number of benzene rings is 1. The van der Waals surface area contributed by atoms with Gasteiger partial charge in [-0.15, -0.1) is 0 Å². The highest BCUT2D eigenvalue weighted by molar-refractivity contribution is 5.97. The van der Waals surface area contributed by atoms with E-state index in [9.17, 15) is 22.8 Å². The summed E-state index contributed by atoms with van der Waals surface area (Å²) in [6.45, 7) is 4.00. The molecule has 1 heterocycles. The predicted molar refractivity (Wildman–Crippen MR) is 93.5 cm³/mol. The Morgan fingerprint density at radius 2 is 1.89 bits per heavy atom. The van der Waals surface area contributed by atoms with E-state index in [1.54, 1.807) is 30.3 Å². The molecular formula is C18H20F3N3O4. The summed E-state index contributed by atoms with van der Waals surface area (Å²) in [7, 11) is 0. The van der Waals surface area contributed by atoms with Crippen LogP contribution in [0.25, 0.3) is 5.69 Å². The minimum Gasteiger partial charge on any atom is -0.489 e. The van der Waals surface area contributed by atoms with Gasteiger partial charge in [0.1, 0.15) is 6.04 Å². The van der Waals surface area contributed by atoms with Crippen molar-refractivity contribution < 1.29 is 32.6 Å². The summed E-state index contributed by atoms with van der Waals surface area (Å²) in [4.78, 5) is 23.6. The number of nitrogens with one attached hydrogen (secondary N) is 1. The summed E-state index contributed by atoms with van der Waals surface area (Å²) in [6, 6.07) is 6.57. The van der Waals surface area contributed by atoms with Crippen LogP contribution in [0.5, 0.6) is 5.75 Å². The van der Waals surface area contributed by atoms with Gasteiger partial charge in [-0.25, -0.2) is 9.48 Å². The Hall–Kier alpha value is -3.04. The number of amides is 1. The van der Waals surface area contributed by atoms with Crippen molar-refractivity contribution in [2.75, 3.05) is 6.61 Å². The van der Waals surface area contributed by atoms with Gasteiger partial charge in [-0.3, -0.25) is 4.79 Å². The maximum absolute atomic E-state index is 12.6. The first kappa shape index (κ1) is 21.3. The number of nitrogens with zero attached hydrogens (tertiary/aromatic N) is 2. The Bertz CT molecular complexity index is 819. The zero-order chi connectivity index (χ0) is 20.9. The molecule has 1 amide bonds. The van der Waals surface area contributed by atoms with Crippen molar-refractivity contribution in [3.8, 4) is 11.4 Å². The molecule has 0 aliphatic carbocycles. The second-order valence-corrected chi connectivity index (χ2v) is 6.51. The summed E-state index contributed by atoms with van der Waals surface area (Å²) in [5.74, 6) is -2.69. The maximum Gasteiger partial charge on any atom is 0.391 e. The van der Waals surface area contributed by atoms with Crippen molar-refractivity contribution in [3.63, 3.8) is 0 Å². The molecule has 0 aliphatic rings. The van der Waals surface area contributed by atoms with Gasteiger partial charge in [-0.05, 0) is 18.1 Å². The highest BCUT2D eigenvalue weighted by Gasteiger charge is 2.37. The summed E-state index contributed by atoms with van der Waals surface area (Å²) < 4.78 is 44.6. The van der Waals surface area contributed by atoms with Crippen LogP contribution < -0.4 is 10.1 Å². The molecule has 0 spiro atoms. The summed E-state index contributed by atoms with van der Waals surface area (Å²) in [6.07, 6.45) is -5.03. The van der Waals surface area contributed by atoms with Gasteiger partial charge in [-0.1, -0.05) is 32.0 Å². The SMILES string of the molecule is CC(C)COc1cn(-c2ccccc2)nc1C(=O)NC(CC(F)(F)F)C(=O)O. The Morgan fingerprint density at radius 3 is 2.43 bits per heavy atom. The van der Waals surface area contributed by atoms with E-state index >= 15 is 0 Å². The number of hydrogen-bond donors (Lipinski definition) is 2. The number of aromatic nitrogens is 2. The van der Waals surface area contributed by atoms with Crippen LogP contribution >= 0.6 is 0 Å². The lowest BCUT2D eigenvalue weighted by Gasteiger charge is -2.16. The molecule has 0 aliphatic heterocycles. The molecule has 152 valence electrons. The van der Waals surface area contributed by atoms with Crippen LogP contribution in [0.4, 0.5) is 13.2 Å². The topological polar surface area (TPSA) is 93.5 Å². The number of carboxylic acids is 1. The van der Waals surface area contributed by atoms with Gasteiger partial charge in [0.15, 0.2) is 11.4 Å². The lowest BCUT2D eigenvalue weighted by Crippen LogP contribution is -2.43. The highest BCUT2D eigenvalue weighted by atomic mass is 19.4. The number of hydrogen-bond acceptors (Lipinski definition) is 4. The summed E-state index contributed by atoms with van der Waals surface area (Å²) in [5.41, 5.74) is 0.305. The van der Waals surface area contributed by atoms with E-state index in [1.807, 2.05) is 19.2 Å². The Labute approximate surface area is 159 Å². The molecule has 1 aromatic heterocycles. The largest absolute Gasteiger partial charge is 0.489 e. The smallest absolute Gasteiger partial charge is 0.391 e. The lowest BCUT2D eigenvalue weighted by atomic mass is 10.2. The van der Waals surface area contributed by atoms with Crippen molar-refractivity contribution >= 4 is 11.9 Å². The molecular weight excluding hydrogens is 379 g/mol. The average Bonchev–Trinajstić information content (AvgIpc) is 3.03. The molecule has 0 radical (unpaired) electrons. The zero-order valence-electron chi connectivity index (χ0n) is 15.2. The fourth-order valence-corrected chi connectivity index (χ4v) is 2.25. The van der Waals surface area contributed by atoms with E-state index < -0.39 is 30.5 Å². The van der Waals surface area contributed by atoms with E-state index in [0.717, 1.165) is 0 Å². The number of carbonyl (C=O) groups excluding carboxylic acids is 1. The van der Waals surface area contributed by atoms with Crippen LogP contribution in [0.2, 0.25) is 0 Å². The van der Waals surface area contributed by atoms with Gasteiger partial charge < -0.3 is 15.2 Å². The van der Waals surface area contributed by atoms with Crippen LogP contribution in [0, 0.1) is 5.92 Å². The molecule has 2 N–H and O–H groups in total. The Kier molecular flexibility index (Phi) is 6.66. The molecule has 0 bridgehead atoms. The minimum atomic E-state index is -4.75. The Morgan fingerprint density at radius 1 is 1.25 bits per heavy atom. The first-order valence-electron chi connectivity index (χ1n) is 8.45. The maximum atomic E-state index is 12.6. The molecule has 10 heteroatoms.